The second-order valence-electron chi connectivity index (χ2n) is 3.99. The fraction of sp³-hybridized carbons (Fsp3) is 0.462. The van der Waals surface area contributed by atoms with E-state index in [1.165, 1.54) is 6.42 Å². The Balaban J connectivity index is 2.45. The molecule has 94 valence electrons. The van der Waals surface area contributed by atoms with Crippen LogP contribution in [0.4, 0.5) is 11.4 Å². The Bertz CT molecular complexity index is 359. The van der Waals surface area contributed by atoms with E-state index in [0.29, 0.717) is 11.4 Å². The number of aryl methyl sites for hydroxylation is 1. The van der Waals surface area contributed by atoms with Gasteiger partial charge in [0.05, 0.1) is 17.1 Å². The average Bonchev–Trinajstić information content (AvgIpc) is 2.30. The van der Waals surface area contributed by atoms with Gasteiger partial charge in [-0.25, -0.2) is 0 Å². The molecule has 1 rings (SSSR count). The first-order chi connectivity index (χ1) is 8.15. The predicted octanol–water partition coefficient (Wildman–Crippen LogP) is 3.05. The summed E-state index contributed by atoms with van der Waals surface area (Å²) in [5.74, 6) is 1.55. The van der Waals surface area contributed by atoms with Crippen LogP contribution in [0.25, 0.3) is 0 Å². The molecule has 0 fully saturated rings. The smallest absolute Gasteiger partial charge is 0.234 e. The van der Waals surface area contributed by atoms with Crippen molar-refractivity contribution in [3.8, 4) is 0 Å². The first-order valence-electron chi connectivity index (χ1n) is 5.87. The zero-order valence-electron chi connectivity index (χ0n) is 10.5. The van der Waals surface area contributed by atoms with Crippen LogP contribution >= 0.6 is 11.8 Å². The molecular formula is C13H20N2OS. The first-order valence-corrected chi connectivity index (χ1v) is 7.03. The van der Waals surface area contributed by atoms with Gasteiger partial charge < -0.3 is 11.1 Å². The van der Waals surface area contributed by atoms with Crippen molar-refractivity contribution >= 4 is 29.0 Å². The fourth-order valence-corrected chi connectivity index (χ4v) is 2.34. The normalized spacial score (nSPS) is 10.2. The topological polar surface area (TPSA) is 55.1 Å². The first kappa shape index (κ1) is 13.9. The number of anilines is 2. The summed E-state index contributed by atoms with van der Waals surface area (Å²) in [5, 5.41) is 2.87. The molecule has 1 amide bonds. The molecule has 17 heavy (non-hydrogen) atoms. The number of nitrogens with one attached hydrogen (secondary N) is 1. The van der Waals surface area contributed by atoms with Gasteiger partial charge in [0, 0.05) is 0 Å². The molecule has 0 unspecified atom stereocenters. The van der Waals surface area contributed by atoms with Crippen molar-refractivity contribution in [2.45, 2.75) is 26.7 Å². The molecule has 0 aliphatic carbocycles. The van der Waals surface area contributed by atoms with Crippen molar-refractivity contribution in [3.05, 3.63) is 23.8 Å². The third-order valence-electron chi connectivity index (χ3n) is 2.44. The molecule has 0 radical (unpaired) electrons. The third-order valence-corrected chi connectivity index (χ3v) is 3.49. The van der Waals surface area contributed by atoms with Crippen LogP contribution in [0.5, 0.6) is 0 Å². The lowest BCUT2D eigenvalue weighted by atomic mass is 10.1. The number of rotatable bonds is 6. The summed E-state index contributed by atoms with van der Waals surface area (Å²) < 4.78 is 0. The minimum absolute atomic E-state index is 0.0205. The summed E-state index contributed by atoms with van der Waals surface area (Å²) in [5.41, 5.74) is 8.19. The van der Waals surface area contributed by atoms with E-state index in [1.807, 2.05) is 19.1 Å². The Morgan fingerprint density at radius 3 is 2.88 bits per heavy atom. The molecule has 0 saturated heterocycles. The van der Waals surface area contributed by atoms with Crippen LogP contribution in [-0.2, 0) is 4.79 Å². The monoisotopic (exact) mass is 252 g/mol. The lowest BCUT2D eigenvalue weighted by Crippen LogP contribution is -2.16. The molecule has 0 saturated carbocycles. The maximum atomic E-state index is 11.7. The summed E-state index contributed by atoms with van der Waals surface area (Å²) in [6.45, 7) is 4.09. The molecule has 0 atom stereocenters. The van der Waals surface area contributed by atoms with Crippen LogP contribution in [-0.4, -0.2) is 17.4 Å². The van der Waals surface area contributed by atoms with E-state index in [1.54, 1.807) is 17.8 Å². The van der Waals surface area contributed by atoms with Gasteiger partial charge in [-0.05, 0) is 30.7 Å². The van der Waals surface area contributed by atoms with Gasteiger partial charge >= 0.3 is 0 Å². The molecule has 1 aromatic rings. The maximum Gasteiger partial charge on any atom is 0.234 e. The highest BCUT2D eigenvalue weighted by Gasteiger charge is 2.07. The molecule has 1 aromatic carbocycles. The molecule has 4 heteroatoms. The van der Waals surface area contributed by atoms with Gasteiger partial charge in [0.15, 0.2) is 0 Å². The molecule has 3 nitrogen and oxygen atoms in total. The van der Waals surface area contributed by atoms with Crippen molar-refractivity contribution in [1.82, 2.24) is 0 Å². The van der Waals surface area contributed by atoms with Gasteiger partial charge in [-0.3, -0.25) is 4.79 Å². The van der Waals surface area contributed by atoms with Crippen LogP contribution in [0, 0.1) is 6.92 Å². The highest BCUT2D eigenvalue weighted by atomic mass is 32.2. The molecule has 0 spiro atoms. The minimum atomic E-state index is 0.0205. The molecule has 3 N–H and O–H groups in total. The van der Waals surface area contributed by atoms with Crippen molar-refractivity contribution in [1.29, 1.82) is 0 Å². The maximum absolute atomic E-state index is 11.7. The number of para-hydroxylation sites is 1. The van der Waals surface area contributed by atoms with Crippen LogP contribution in [0.3, 0.4) is 0 Å². The van der Waals surface area contributed by atoms with Crippen LogP contribution < -0.4 is 11.1 Å². The number of benzene rings is 1. The van der Waals surface area contributed by atoms with Crippen molar-refractivity contribution in [3.63, 3.8) is 0 Å². The van der Waals surface area contributed by atoms with Gasteiger partial charge in [0.25, 0.3) is 0 Å². The van der Waals surface area contributed by atoms with E-state index in [0.717, 1.165) is 23.4 Å². The predicted molar refractivity (Wildman–Crippen MR) is 76.5 cm³/mol. The zero-order valence-corrected chi connectivity index (χ0v) is 11.3. The van der Waals surface area contributed by atoms with E-state index in [9.17, 15) is 4.79 Å². The number of carbonyl (C=O) groups excluding carboxylic acids is 1. The van der Waals surface area contributed by atoms with Gasteiger partial charge in [-0.2, -0.15) is 11.8 Å². The van der Waals surface area contributed by atoms with Crippen LogP contribution in [0.15, 0.2) is 18.2 Å². The number of hydrogen-bond acceptors (Lipinski definition) is 3. The number of thioether (sulfide) groups is 1. The van der Waals surface area contributed by atoms with Gasteiger partial charge in [0.1, 0.15) is 0 Å². The van der Waals surface area contributed by atoms with E-state index >= 15 is 0 Å². The highest BCUT2D eigenvalue weighted by Crippen LogP contribution is 2.22. The number of nitrogens with two attached hydrogens (primary N) is 1. The summed E-state index contributed by atoms with van der Waals surface area (Å²) in [6, 6.07) is 5.62. The fourth-order valence-electron chi connectivity index (χ4n) is 1.45. The standard InChI is InChI=1S/C13H20N2OS/c1-3-4-8-17-9-12(16)15-13-10(2)6-5-7-11(13)14/h5-7H,3-4,8-9,14H2,1-2H3,(H,15,16). The second-order valence-corrected chi connectivity index (χ2v) is 5.10. The molecule has 0 aliphatic rings. The number of hydrogen-bond donors (Lipinski definition) is 2. The van der Waals surface area contributed by atoms with E-state index in [2.05, 4.69) is 12.2 Å². The Hall–Kier alpha value is -1.16. The summed E-state index contributed by atoms with van der Waals surface area (Å²) in [4.78, 5) is 11.7. The van der Waals surface area contributed by atoms with E-state index in [-0.39, 0.29) is 5.91 Å². The molecule has 0 aromatic heterocycles. The Morgan fingerprint density at radius 2 is 2.24 bits per heavy atom. The van der Waals surface area contributed by atoms with Gasteiger partial charge in [0.2, 0.25) is 5.91 Å². The minimum Gasteiger partial charge on any atom is -0.397 e. The number of unbranched alkanes of at least 4 members (excludes halogenated alkanes) is 1. The molecular weight excluding hydrogens is 232 g/mol. The average molecular weight is 252 g/mol. The Morgan fingerprint density at radius 1 is 1.47 bits per heavy atom. The highest BCUT2D eigenvalue weighted by molar-refractivity contribution is 7.99. The summed E-state index contributed by atoms with van der Waals surface area (Å²) >= 11 is 1.66. The Labute approximate surface area is 107 Å². The van der Waals surface area contributed by atoms with Gasteiger partial charge in [-0.15, -0.1) is 0 Å². The second kappa shape index (κ2) is 7.22. The van der Waals surface area contributed by atoms with E-state index < -0.39 is 0 Å². The van der Waals surface area contributed by atoms with Crippen LogP contribution in [0.2, 0.25) is 0 Å². The summed E-state index contributed by atoms with van der Waals surface area (Å²) in [6.07, 6.45) is 2.32. The lowest BCUT2D eigenvalue weighted by molar-refractivity contribution is -0.113. The van der Waals surface area contributed by atoms with Crippen molar-refractivity contribution in [2.24, 2.45) is 0 Å². The number of nitrogen functional groups attached to an aromatic ring is 1. The summed E-state index contributed by atoms with van der Waals surface area (Å²) in [7, 11) is 0. The Kier molecular flexibility index (Phi) is 5.91. The quantitative estimate of drug-likeness (QED) is 0.604. The lowest BCUT2D eigenvalue weighted by Gasteiger charge is -2.10. The SMILES string of the molecule is CCCCSCC(=O)Nc1c(C)cccc1N. The van der Waals surface area contributed by atoms with E-state index in [4.69, 9.17) is 5.73 Å². The third kappa shape index (κ3) is 4.69. The number of amides is 1. The largest absolute Gasteiger partial charge is 0.397 e. The van der Waals surface area contributed by atoms with Crippen molar-refractivity contribution < 1.29 is 4.79 Å². The molecule has 0 heterocycles. The zero-order chi connectivity index (χ0) is 12.7. The van der Waals surface area contributed by atoms with Gasteiger partial charge in [-0.1, -0.05) is 25.5 Å². The molecule has 0 bridgehead atoms. The van der Waals surface area contributed by atoms with Crippen molar-refractivity contribution in [2.75, 3.05) is 22.6 Å². The van der Waals surface area contributed by atoms with Crippen LogP contribution in [0.1, 0.15) is 25.3 Å². The number of carbonyl (C=O) groups is 1. The molecule has 0 aliphatic heterocycles.